The van der Waals surface area contributed by atoms with Crippen LogP contribution in [0.25, 0.3) is 11.3 Å². The van der Waals surface area contributed by atoms with Gasteiger partial charge >= 0.3 is 0 Å². The average Bonchev–Trinajstić information content (AvgIpc) is 3.25. The minimum atomic E-state index is -0.177. The van der Waals surface area contributed by atoms with Crippen LogP contribution in [0.1, 0.15) is 24.4 Å². The van der Waals surface area contributed by atoms with E-state index in [2.05, 4.69) is 20.6 Å². The van der Waals surface area contributed by atoms with Crippen LogP contribution in [0.5, 0.6) is 17.2 Å². The Balaban J connectivity index is 1.51. The molecular formula is C23H24N4O4. The molecule has 2 aromatic carbocycles. The predicted molar refractivity (Wildman–Crippen MR) is 116 cm³/mol. The van der Waals surface area contributed by atoms with Crippen molar-refractivity contribution >= 4 is 11.7 Å². The highest BCUT2D eigenvalue weighted by atomic mass is 16.7. The van der Waals surface area contributed by atoms with Crippen molar-refractivity contribution in [3.05, 3.63) is 59.9 Å². The summed E-state index contributed by atoms with van der Waals surface area (Å²) in [6.45, 7) is 4.11. The summed E-state index contributed by atoms with van der Waals surface area (Å²) >= 11 is 0. The van der Waals surface area contributed by atoms with E-state index in [1.807, 2.05) is 62.4 Å². The number of carbonyl (C=O) groups is 1. The summed E-state index contributed by atoms with van der Waals surface area (Å²) in [5.41, 5.74) is 2.73. The van der Waals surface area contributed by atoms with Crippen LogP contribution < -0.4 is 24.8 Å². The van der Waals surface area contributed by atoms with Crippen molar-refractivity contribution in [2.75, 3.05) is 25.8 Å². The van der Waals surface area contributed by atoms with Crippen molar-refractivity contribution in [2.24, 2.45) is 0 Å². The largest absolute Gasteiger partial charge is 0.484 e. The van der Waals surface area contributed by atoms with Crippen LogP contribution in [0.4, 0.5) is 5.82 Å². The van der Waals surface area contributed by atoms with E-state index < -0.39 is 0 Å². The van der Waals surface area contributed by atoms with Crippen molar-refractivity contribution in [3.63, 3.8) is 0 Å². The van der Waals surface area contributed by atoms with Gasteiger partial charge in [0.2, 0.25) is 6.79 Å². The first kappa shape index (κ1) is 20.5. The number of anilines is 1. The maximum Gasteiger partial charge on any atom is 0.257 e. The third kappa shape index (κ3) is 4.85. The number of aryl methyl sites for hydroxylation is 1. The lowest BCUT2D eigenvalue weighted by molar-refractivity contribution is -0.122. The normalized spacial score (nSPS) is 12.9. The Morgan fingerprint density at radius 2 is 1.97 bits per heavy atom. The molecule has 0 fully saturated rings. The number of hydrogen-bond donors (Lipinski definition) is 2. The Kier molecular flexibility index (Phi) is 5.88. The van der Waals surface area contributed by atoms with Crippen molar-refractivity contribution in [2.45, 2.75) is 19.9 Å². The van der Waals surface area contributed by atoms with Gasteiger partial charge in [-0.25, -0.2) is 9.97 Å². The third-order valence-corrected chi connectivity index (χ3v) is 4.88. The molecule has 1 aromatic heterocycles. The van der Waals surface area contributed by atoms with Crippen LogP contribution in [-0.2, 0) is 4.79 Å². The van der Waals surface area contributed by atoms with E-state index in [1.165, 1.54) is 0 Å². The van der Waals surface area contributed by atoms with Gasteiger partial charge in [0, 0.05) is 18.7 Å². The Morgan fingerprint density at radius 3 is 2.81 bits per heavy atom. The molecule has 0 saturated heterocycles. The fourth-order valence-electron chi connectivity index (χ4n) is 3.25. The lowest BCUT2D eigenvalue weighted by atomic mass is 10.1. The molecule has 4 rings (SSSR count). The van der Waals surface area contributed by atoms with E-state index in [1.54, 1.807) is 7.05 Å². The van der Waals surface area contributed by atoms with Crippen LogP contribution in [0.15, 0.2) is 48.5 Å². The summed E-state index contributed by atoms with van der Waals surface area (Å²) < 4.78 is 16.4. The minimum Gasteiger partial charge on any atom is -0.484 e. The number of carbonyl (C=O) groups excluding carboxylic acids is 1. The zero-order valence-corrected chi connectivity index (χ0v) is 17.6. The second-order valence-electron chi connectivity index (χ2n) is 7.15. The first-order chi connectivity index (χ1) is 15.0. The highest BCUT2D eigenvalue weighted by Crippen LogP contribution is 2.36. The molecule has 1 aliphatic rings. The summed E-state index contributed by atoms with van der Waals surface area (Å²) in [5.74, 6) is 3.28. The molecular weight excluding hydrogens is 396 g/mol. The average molecular weight is 420 g/mol. The fourth-order valence-corrected chi connectivity index (χ4v) is 3.25. The maximum atomic E-state index is 11.4. The molecule has 2 N–H and O–H groups in total. The van der Waals surface area contributed by atoms with Gasteiger partial charge in [-0.05, 0) is 49.7 Å². The number of likely N-dealkylation sites (N-methyl/N-ethyl adjacent to an activating group) is 1. The molecule has 0 bridgehead atoms. The first-order valence-electron chi connectivity index (χ1n) is 9.97. The summed E-state index contributed by atoms with van der Waals surface area (Å²) in [4.78, 5) is 20.5. The van der Waals surface area contributed by atoms with Gasteiger partial charge in [-0.2, -0.15) is 0 Å². The number of amides is 1. The molecule has 0 saturated carbocycles. The molecule has 8 heteroatoms. The van der Waals surface area contributed by atoms with Crippen LogP contribution in [0, 0.1) is 6.92 Å². The van der Waals surface area contributed by atoms with Gasteiger partial charge < -0.3 is 24.8 Å². The Bertz CT molecular complexity index is 1100. The van der Waals surface area contributed by atoms with Crippen LogP contribution >= 0.6 is 0 Å². The molecule has 160 valence electrons. The second-order valence-corrected chi connectivity index (χ2v) is 7.15. The van der Waals surface area contributed by atoms with Crippen LogP contribution in [0.3, 0.4) is 0 Å². The molecule has 1 atom stereocenters. The summed E-state index contributed by atoms with van der Waals surface area (Å²) in [7, 11) is 1.58. The second kappa shape index (κ2) is 8.91. The summed E-state index contributed by atoms with van der Waals surface area (Å²) in [5, 5.41) is 5.96. The molecule has 2 heterocycles. The number of ether oxygens (including phenoxy) is 3. The van der Waals surface area contributed by atoms with Crippen LogP contribution in [0.2, 0.25) is 0 Å². The van der Waals surface area contributed by atoms with Gasteiger partial charge in [-0.3, -0.25) is 4.79 Å². The summed E-state index contributed by atoms with van der Waals surface area (Å²) in [6, 6.07) is 15.3. The molecule has 1 unspecified atom stereocenters. The van der Waals surface area contributed by atoms with E-state index in [-0.39, 0.29) is 25.3 Å². The standard InChI is InChI=1S/C23H24N4O4/c1-14(16-5-4-6-18(9-16)29-12-23(28)24-3)25-22-11-19(26-15(2)27-22)17-7-8-20-21(10-17)31-13-30-20/h4-11,14H,12-13H2,1-3H3,(H,24,28)(H,25,26,27). The van der Waals surface area contributed by atoms with E-state index in [0.29, 0.717) is 23.1 Å². The van der Waals surface area contributed by atoms with Crippen molar-refractivity contribution in [1.82, 2.24) is 15.3 Å². The maximum absolute atomic E-state index is 11.4. The molecule has 0 spiro atoms. The van der Waals surface area contributed by atoms with Gasteiger partial charge in [0.15, 0.2) is 18.1 Å². The molecule has 1 amide bonds. The third-order valence-electron chi connectivity index (χ3n) is 4.88. The quantitative estimate of drug-likeness (QED) is 0.604. The van der Waals surface area contributed by atoms with Gasteiger partial charge in [0.1, 0.15) is 17.4 Å². The molecule has 8 nitrogen and oxygen atoms in total. The summed E-state index contributed by atoms with van der Waals surface area (Å²) in [6.07, 6.45) is 0. The van der Waals surface area contributed by atoms with Crippen molar-refractivity contribution < 1.29 is 19.0 Å². The topological polar surface area (TPSA) is 94.6 Å². The fraction of sp³-hybridized carbons (Fsp3) is 0.261. The van der Waals surface area contributed by atoms with E-state index in [9.17, 15) is 4.79 Å². The van der Waals surface area contributed by atoms with Crippen molar-refractivity contribution in [3.8, 4) is 28.5 Å². The number of nitrogens with zero attached hydrogens (tertiary/aromatic N) is 2. The Morgan fingerprint density at radius 1 is 1.13 bits per heavy atom. The molecule has 31 heavy (non-hydrogen) atoms. The Hall–Kier alpha value is -3.81. The SMILES string of the molecule is CNC(=O)COc1cccc(C(C)Nc2cc(-c3ccc4c(c3)OCO4)nc(C)n2)c1. The molecule has 3 aromatic rings. The monoisotopic (exact) mass is 420 g/mol. The van der Waals surface area contributed by atoms with Gasteiger partial charge in [0.25, 0.3) is 5.91 Å². The number of benzene rings is 2. The van der Waals surface area contributed by atoms with Crippen LogP contribution in [-0.4, -0.2) is 36.3 Å². The lowest BCUT2D eigenvalue weighted by Gasteiger charge is -2.17. The van der Waals surface area contributed by atoms with E-state index in [4.69, 9.17) is 14.2 Å². The number of nitrogens with one attached hydrogen (secondary N) is 2. The lowest BCUT2D eigenvalue weighted by Crippen LogP contribution is -2.24. The van der Waals surface area contributed by atoms with Gasteiger partial charge in [-0.1, -0.05) is 12.1 Å². The zero-order valence-electron chi connectivity index (χ0n) is 17.6. The zero-order chi connectivity index (χ0) is 21.8. The molecule has 0 aliphatic carbocycles. The molecule has 1 aliphatic heterocycles. The highest BCUT2D eigenvalue weighted by Gasteiger charge is 2.16. The van der Waals surface area contributed by atoms with E-state index in [0.717, 1.165) is 22.6 Å². The first-order valence-corrected chi connectivity index (χ1v) is 9.97. The minimum absolute atomic E-state index is 0.0221. The number of rotatable bonds is 7. The van der Waals surface area contributed by atoms with Gasteiger partial charge in [-0.15, -0.1) is 0 Å². The smallest absolute Gasteiger partial charge is 0.257 e. The number of hydrogen-bond acceptors (Lipinski definition) is 7. The van der Waals surface area contributed by atoms with E-state index >= 15 is 0 Å². The predicted octanol–water partition coefficient (Wildman–Crippen LogP) is 3.48. The Labute approximate surface area is 180 Å². The van der Waals surface area contributed by atoms with Gasteiger partial charge in [0.05, 0.1) is 11.7 Å². The molecule has 0 radical (unpaired) electrons. The van der Waals surface area contributed by atoms with Crippen molar-refractivity contribution in [1.29, 1.82) is 0 Å². The number of fused-ring (bicyclic) bond motifs is 1. The highest BCUT2D eigenvalue weighted by molar-refractivity contribution is 5.77. The number of aromatic nitrogens is 2.